The Morgan fingerprint density at radius 2 is 1.92 bits per heavy atom. The molecule has 2 fully saturated rings. The number of carboxylic acid groups (broad SMARTS) is 1. The van der Waals surface area contributed by atoms with E-state index in [1.54, 1.807) is 41.8 Å². The third kappa shape index (κ3) is 5.05. The minimum absolute atomic E-state index is 0.0923. The maximum Gasteiger partial charge on any atom is 0.409 e. The summed E-state index contributed by atoms with van der Waals surface area (Å²) >= 11 is 2.58. The second-order valence-electron chi connectivity index (χ2n) is 8.48. The number of anilines is 1. The summed E-state index contributed by atoms with van der Waals surface area (Å²) in [7, 11) is 0. The predicted molar refractivity (Wildman–Crippen MR) is 137 cm³/mol. The highest BCUT2D eigenvalue weighted by Gasteiger charge is 2.42. The van der Waals surface area contributed by atoms with Gasteiger partial charge in [-0.3, -0.25) is 14.5 Å². The topological polar surface area (TPSA) is 135 Å². The fraction of sp³-hybridized carbons (Fsp3) is 0.240. The molecule has 3 amide bonds. The molecule has 3 N–H and O–H groups in total. The van der Waals surface area contributed by atoms with E-state index in [1.807, 2.05) is 12.1 Å². The molecule has 2 unspecified atom stereocenters. The van der Waals surface area contributed by atoms with Gasteiger partial charge in [-0.15, -0.1) is 23.1 Å². The highest BCUT2D eigenvalue weighted by atomic mass is 32.2. The molecule has 2 aliphatic rings. The molecule has 2 heterocycles. The highest BCUT2D eigenvalue weighted by Crippen LogP contribution is 2.42. The van der Waals surface area contributed by atoms with Crippen LogP contribution in [0, 0.1) is 11.3 Å². The fourth-order valence-electron chi connectivity index (χ4n) is 3.90. The molecule has 2 aromatic carbocycles. The number of thioether (sulfide) groups is 1. The van der Waals surface area contributed by atoms with Crippen molar-refractivity contribution in [1.82, 2.24) is 15.2 Å². The minimum Gasteiger partial charge on any atom is -0.465 e. The van der Waals surface area contributed by atoms with Crippen LogP contribution in [0.5, 0.6) is 0 Å². The largest absolute Gasteiger partial charge is 0.465 e. The maximum absolute atomic E-state index is 13.0. The number of carbonyl (C=O) groups is 3. The first kappa shape index (κ1) is 23.8. The summed E-state index contributed by atoms with van der Waals surface area (Å²) in [5, 5.41) is 26.3. The van der Waals surface area contributed by atoms with Crippen molar-refractivity contribution in [1.29, 1.82) is 5.26 Å². The number of aromatic nitrogens is 1. The van der Waals surface area contributed by atoms with Crippen LogP contribution in [0.3, 0.4) is 0 Å². The van der Waals surface area contributed by atoms with Gasteiger partial charge in [-0.1, -0.05) is 24.3 Å². The van der Waals surface area contributed by atoms with E-state index in [-0.39, 0.29) is 17.7 Å². The molecule has 3 aromatic rings. The van der Waals surface area contributed by atoms with E-state index in [2.05, 4.69) is 21.7 Å². The quantitative estimate of drug-likeness (QED) is 0.442. The zero-order valence-electron chi connectivity index (χ0n) is 18.9. The summed E-state index contributed by atoms with van der Waals surface area (Å²) < 4.78 is 0. The average molecular weight is 520 g/mol. The number of hydrogen-bond acceptors (Lipinski definition) is 7. The van der Waals surface area contributed by atoms with Gasteiger partial charge in [0.15, 0.2) is 5.13 Å². The monoisotopic (exact) mass is 519 g/mol. The van der Waals surface area contributed by atoms with Gasteiger partial charge in [-0.25, -0.2) is 9.78 Å². The number of nitrogens with one attached hydrogen (secondary N) is 2. The highest BCUT2D eigenvalue weighted by molar-refractivity contribution is 7.99. The van der Waals surface area contributed by atoms with Gasteiger partial charge >= 0.3 is 6.09 Å². The van der Waals surface area contributed by atoms with E-state index in [0.717, 1.165) is 23.3 Å². The number of carbonyl (C=O) groups excluding carboxylic acids is 2. The summed E-state index contributed by atoms with van der Waals surface area (Å²) in [6.45, 7) is 0. The molecule has 0 bridgehead atoms. The van der Waals surface area contributed by atoms with Crippen LogP contribution in [-0.4, -0.2) is 50.7 Å². The lowest BCUT2D eigenvalue weighted by Crippen LogP contribution is -2.44. The van der Waals surface area contributed by atoms with Gasteiger partial charge in [-0.2, -0.15) is 5.26 Å². The Hall–Kier alpha value is -3.88. The van der Waals surface area contributed by atoms with Crippen molar-refractivity contribution in [2.24, 2.45) is 0 Å². The molecular weight excluding hydrogens is 498 g/mol. The number of nitriles is 1. The van der Waals surface area contributed by atoms with E-state index >= 15 is 0 Å². The first-order chi connectivity index (χ1) is 17.4. The van der Waals surface area contributed by atoms with Crippen LogP contribution in [0.1, 0.15) is 39.7 Å². The lowest BCUT2D eigenvalue weighted by Gasteiger charge is -2.25. The van der Waals surface area contributed by atoms with Gasteiger partial charge < -0.3 is 15.7 Å². The molecule has 1 aliphatic heterocycles. The molecule has 9 nitrogen and oxygen atoms in total. The van der Waals surface area contributed by atoms with Gasteiger partial charge in [0.2, 0.25) is 5.91 Å². The Labute approximate surface area is 215 Å². The van der Waals surface area contributed by atoms with Crippen LogP contribution >= 0.6 is 23.1 Å². The Balaban J connectivity index is 1.26. The lowest BCUT2D eigenvalue weighted by molar-refractivity contribution is -0.119. The zero-order valence-corrected chi connectivity index (χ0v) is 20.5. The van der Waals surface area contributed by atoms with Crippen molar-refractivity contribution in [2.45, 2.75) is 30.3 Å². The summed E-state index contributed by atoms with van der Waals surface area (Å²) in [5.41, 5.74) is 3.11. The summed E-state index contributed by atoms with van der Waals surface area (Å²) in [6.07, 6.45) is 0.837. The van der Waals surface area contributed by atoms with E-state index in [1.165, 1.54) is 23.1 Å². The van der Waals surface area contributed by atoms with Crippen molar-refractivity contribution in [3.8, 4) is 17.3 Å². The van der Waals surface area contributed by atoms with Crippen molar-refractivity contribution < 1.29 is 19.5 Å². The minimum atomic E-state index is -1.21. The van der Waals surface area contributed by atoms with Crippen molar-refractivity contribution in [2.75, 3.05) is 11.1 Å². The molecule has 0 radical (unpaired) electrons. The van der Waals surface area contributed by atoms with Gasteiger partial charge in [0.1, 0.15) is 11.4 Å². The van der Waals surface area contributed by atoms with Crippen LogP contribution in [0.4, 0.5) is 9.93 Å². The third-order valence-electron chi connectivity index (χ3n) is 5.91. The van der Waals surface area contributed by atoms with Gasteiger partial charge in [-0.05, 0) is 42.7 Å². The smallest absolute Gasteiger partial charge is 0.409 e. The van der Waals surface area contributed by atoms with E-state index in [0.29, 0.717) is 27.5 Å². The van der Waals surface area contributed by atoms with Crippen molar-refractivity contribution in [3.05, 3.63) is 70.6 Å². The van der Waals surface area contributed by atoms with E-state index in [9.17, 15) is 19.5 Å². The fourth-order valence-corrected chi connectivity index (χ4v) is 6.04. The Morgan fingerprint density at radius 1 is 1.14 bits per heavy atom. The summed E-state index contributed by atoms with van der Waals surface area (Å²) in [6, 6.07) is 15.3. The van der Waals surface area contributed by atoms with Crippen molar-refractivity contribution in [3.63, 3.8) is 0 Å². The number of amides is 3. The molecule has 5 rings (SSSR count). The van der Waals surface area contributed by atoms with Gasteiger partial charge in [0, 0.05) is 28.3 Å². The molecule has 1 saturated heterocycles. The lowest BCUT2D eigenvalue weighted by atomic mass is 10.1. The van der Waals surface area contributed by atoms with Crippen LogP contribution in [0.15, 0.2) is 53.9 Å². The third-order valence-corrected chi connectivity index (χ3v) is 8.00. The summed E-state index contributed by atoms with van der Waals surface area (Å²) in [5.74, 6) is -0.274. The number of hydrogen-bond donors (Lipinski definition) is 3. The molecule has 1 saturated carbocycles. The normalized spacial score (nSPS) is 18.9. The Morgan fingerprint density at radius 3 is 2.61 bits per heavy atom. The molecule has 0 spiro atoms. The van der Waals surface area contributed by atoms with E-state index < -0.39 is 23.4 Å². The second-order valence-corrected chi connectivity index (χ2v) is 10.5. The number of nitrogens with zero attached hydrogens (tertiary/aromatic N) is 3. The number of benzene rings is 2. The van der Waals surface area contributed by atoms with Gasteiger partial charge in [0.05, 0.1) is 17.3 Å². The Kier molecular flexibility index (Phi) is 6.63. The number of rotatable bonds is 6. The molecular formula is C25H21N5O4S2. The average Bonchev–Trinajstić information content (AvgIpc) is 3.39. The van der Waals surface area contributed by atoms with Crippen LogP contribution < -0.4 is 10.6 Å². The zero-order chi connectivity index (χ0) is 25.2. The Bertz CT molecular complexity index is 1360. The molecule has 182 valence electrons. The molecule has 11 heteroatoms. The second kappa shape index (κ2) is 10.0. The first-order valence-electron chi connectivity index (χ1n) is 11.2. The summed E-state index contributed by atoms with van der Waals surface area (Å²) in [4.78, 5) is 42.9. The van der Waals surface area contributed by atoms with Crippen LogP contribution in [0.25, 0.3) is 11.3 Å². The molecule has 2 atom stereocenters. The molecule has 36 heavy (non-hydrogen) atoms. The van der Waals surface area contributed by atoms with Gasteiger partial charge in [0.25, 0.3) is 5.91 Å². The van der Waals surface area contributed by atoms with Crippen LogP contribution in [-0.2, 0) is 4.79 Å². The molecule has 1 aliphatic carbocycles. The maximum atomic E-state index is 13.0. The van der Waals surface area contributed by atoms with Crippen molar-refractivity contribution >= 4 is 46.1 Å². The molecule has 1 aromatic heterocycles. The number of thiazole rings is 1. The predicted octanol–water partition coefficient (Wildman–Crippen LogP) is 4.31. The SMILES string of the molecule is N#Cc1cccc(C2SCC(C(=O)Nc3nc(-c4ccc(C(=O)NC5CC5)cc4)cs3)N2C(=O)O)c1. The van der Waals surface area contributed by atoms with Crippen LogP contribution in [0.2, 0.25) is 0 Å². The first-order valence-corrected chi connectivity index (χ1v) is 13.2. The van der Waals surface area contributed by atoms with E-state index in [4.69, 9.17) is 5.26 Å². The standard InChI is InChI=1S/C25H21N5O4S2/c26-11-14-2-1-3-17(10-14)23-30(25(33)34)20(13-35-23)22(32)29-24-28-19(12-36-24)15-4-6-16(7-5-15)21(31)27-18-8-9-18/h1-7,10,12,18,20,23H,8-9,13H2,(H,27,31)(H,33,34)(H,28,29,32).